The summed E-state index contributed by atoms with van der Waals surface area (Å²) in [6.07, 6.45) is -10.8. The van der Waals surface area contributed by atoms with E-state index in [2.05, 4.69) is 10.2 Å². The molecule has 0 bridgehead atoms. The summed E-state index contributed by atoms with van der Waals surface area (Å²) in [5, 5.41) is 36.0. The smallest absolute Gasteiger partial charge is 0.330 e. The van der Waals surface area contributed by atoms with Gasteiger partial charge in [0.15, 0.2) is 12.8 Å². The molecule has 6 N–H and O–H groups in total. The van der Waals surface area contributed by atoms with E-state index < -0.39 is 96.5 Å². The topological polar surface area (TPSA) is 201 Å². The first-order valence-corrected chi connectivity index (χ1v) is 15.4. The molecule has 1 aromatic heterocycles. The Morgan fingerprint density at radius 1 is 1.00 bits per heavy atom. The number of nitrogens with zero attached hydrogens (tertiary/aromatic N) is 1. The second kappa shape index (κ2) is 16.1. The fraction of sp³-hybridized carbons (Fsp3) is 0.727. The second-order valence-corrected chi connectivity index (χ2v) is 13.4. The quantitative estimate of drug-likeness (QED) is 0.106. The van der Waals surface area contributed by atoms with Crippen LogP contribution in [0.1, 0.15) is 47.8 Å². The van der Waals surface area contributed by atoms with E-state index in [0.29, 0.717) is 10.8 Å². The molecule has 0 aromatic carbocycles. The predicted octanol–water partition coefficient (Wildman–Crippen LogP) is 0.385. The lowest BCUT2D eigenvalue weighted by atomic mass is 9.98. The number of rotatable bonds is 16. The number of carbonyl (C=O) groups is 2. The Morgan fingerprint density at radius 2 is 1.46 bits per heavy atom. The molecule has 0 aliphatic carbocycles. The summed E-state index contributed by atoms with van der Waals surface area (Å²) in [5.41, 5.74) is -2.24. The van der Waals surface area contributed by atoms with E-state index in [1.165, 1.54) is 13.8 Å². The minimum atomic E-state index is -3.76. The molecule has 1 heterocycles. The molecular weight excluding hydrogens is 617 g/mol. The Kier molecular flexibility index (Phi) is 14.6. The lowest BCUT2D eigenvalue weighted by Crippen LogP contribution is -2.47. The number of hydrogen-bond donors (Lipinski definition) is 6. The van der Waals surface area contributed by atoms with E-state index in [1.54, 1.807) is 32.7 Å². The standard InChI is InChI=1S/C22H36ClF2N4O10PS/c1-9(2)38-20(34)11(5)27-40(41,28-12(6)21(35)39-10(3)4)37-8-13(17(24)25)15(30)16(31)19(33)29-7-14(23)18(32)26-22(29)36/h7,9-13,15-17,19,30-31,33H,8H2,1-6H3,(H,26,32,36)(H2,27,28,41). The highest BCUT2D eigenvalue weighted by molar-refractivity contribution is 8.10. The number of halogens is 3. The van der Waals surface area contributed by atoms with Crippen LogP contribution in [0.2, 0.25) is 5.02 Å². The van der Waals surface area contributed by atoms with E-state index >= 15 is 0 Å². The maximum absolute atomic E-state index is 14.0. The van der Waals surface area contributed by atoms with Crippen molar-refractivity contribution in [1.82, 2.24) is 19.7 Å². The molecule has 41 heavy (non-hydrogen) atoms. The van der Waals surface area contributed by atoms with Crippen LogP contribution >= 0.6 is 18.2 Å². The van der Waals surface area contributed by atoms with Crippen LogP contribution in [0.3, 0.4) is 0 Å². The molecule has 1 rings (SSSR count). The fourth-order valence-corrected chi connectivity index (χ4v) is 6.28. The summed E-state index contributed by atoms with van der Waals surface area (Å²) >= 11 is 11.1. The van der Waals surface area contributed by atoms with Crippen LogP contribution in [0.4, 0.5) is 8.78 Å². The summed E-state index contributed by atoms with van der Waals surface area (Å²) in [7, 11) is 0. The monoisotopic (exact) mass is 652 g/mol. The SMILES string of the molecule is CC(C)OC(=O)C(C)NP(=S)(NC(C)C(=O)OC(C)C)OCC(C(F)F)C(O)C(O)C(O)n1cc(Cl)c(=O)[nH]c1=O. The normalized spacial score (nSPS) is 17.9. The molecule has 236 valence electrons. The van der Waals surface area contributed by atoms with Crippen molar-refractivity contribution in [2.24, 2.45) is 5.92 Å². The first-order chi connectivity index (χ1) is 18.8. The average molecular weight is 653 g/mol. The zero-order chi connectivity index (χ0) is 31.8. The number of hydrogen-bond acceptors (Lipinski definition) is 11. The van der Waals surface area contributed by atoms with Gasteiger partial charge in [-0.1, -0.05) is 11.6 Å². The number of aromatic amines is 1. The van der Waals surface area contributed by atoms with Crippen LogP contribution in [-0.2, 0) is 35.4 Å². The van der Waals surface area contributed by atoms with Crippen molar-refractivity contribution in [3.8, 4) is 0 Å². The van der Waals surface area contributed by atoms with Crippen molar-refractivity contribution < 1.29 is 47.7 Å². The summed E-state index contributed by atoms with van der Waals surface area (Å²) in [4.78, 5) is 49.9. The molecule has 0 aliphatic heterocycles. The Morgan fingerprint density at radius 3 is 1.88 bits per heavy atom. The van der Waals surface area contributed by atoms with Gasteiger partial charge in [0.1, 0.15) is 23.2 Å². The number of aliphatic hydroxyl groups excluding tert-OH is 3. The number of H-pyrrole nitrogens is 1. The molecule has 0 spiro atoms. The molecule has 1 aromatic rings. The zero-order valence-electron chi connectivity index (χ0n) is 23.1. The largest absolute Gasteiger partial charge is 0.462 e. The molecule has 0 saturated heterocycles. The summed E-state index contributed by atoms with van der Waals surface area (Å²) in [6.45, 7) is 4.31. The predicted molar refractivity (Wildman–Crippen MR) is 147 cm³/mol. The van der Waals surface area contributed by atoms with Crippen molar-refractivity contribution in [2.45, 2.75) is 90.7 Å². The first-order valence-electron chi connectivity index (χ1n) is 12.3. The van der Waals surface area contributed by atoms with Crippen molar-refractivity contribution >= 4 is 41.9 Å². The average Bonchev–Trinajstić information content (AvgIpc) is 2.84. The Balaban J connectivity index is 3.23. The maximum Gasteiger partial charge on any atom is 0.330 e. The third-order valence-electron chi connectivity index (χ3n) is 5.21. The van der Waals surface area contributed by atoms with E-state index in [4.69, 9.17) is 37.4 Å². The van der Waals surface area contributed by atoms with Crippen LogP contribution in [0.25, 0.3) is 0 Å². The van der Waals surface area contributed by atoms with Gasteiger partial charge in [0, 0.05) is 6.20 Å². The van der Waals surface area contributed by atoms with Crippen LogP contribution in [0, 0.1) is 5.92 Å². The first kappa shape index (κ1) is 37.2. The zero-order valence-corrected chi connectivity index (χ0v) is 25.6. The van der Waals surface area contributed by atoms with Crippen molar-refractivity contribution in [3.05, 3.63) is 32.1 Å². The van der Waals surface area contributed by atoms with Gasteiger partial charge in [-0.25, -0.2) is 23.7 Å². The van der Waals surface area contributed by atoms with Gasteiger partial charge in [0.05, 0.1) is 30.8 Å². The second-order valence-electron chi connectivity index (χ2n) is 9.56. The Labute approximate surface area is 244 Å². The van der Waals surface area contributed by atoms with Crippen molar-refractivity contribution in [2.75, 3.05) is 6.61 Å². The number of aromatic nitrogens is 2. The molecule has 14 nitrogen and oxygen atoms in total. The third kappa shape index (κ3) is 11.4. The summed E-state index contributed by atoms with van der Waals surface area (Å²) < 4.78 is 44.2. The number of nitrogens with one attached hydrogen (secondary N) is 3. The van der Waals surface area contributed by atoms with Gasteiger partial charge in [-0.3, -0.25) is 23.9 Å². The van der Waals surface area contributed by atoms with Crippen LogP contribution < -0.4 is 21.4 Å². The number of aliphatic hydroxyl groups is 3. The van der Waals surface area contributed by atoms with Gasteiger partial charge < -0.3 is 29.3 Å². The Bertz CT molecular complexity index is 1170. The highest BCUT2D eigenvalue weighted by atomic mass is 35.5. The van der Waals surface area contributed by atoms with E-state index in [-0.39, 0.29) is 0 Å². The highest BCUT2D eigenvalue weighted by Crippen LogP contribution is 2.41. The lowest BCUT2D eigenvalue weighted by Gasteiger charge is -2.33. The molecule has 6 atom stereocenters. The van der Waals surface area contributed by atoms with Gasteiger partial charge in [0.2, 0.25) is 6.43 Å². The molecule has 0 aliphatic rings. The van der Waals surface area contributed by atoms with Gasteiger partial charge in [-0.15, -0.1) is 0 Å². The number of alkyl halides is 2. The van der Waals surface area contributed by atoms with Gasteiger partial charge in [0.25, 0.3) is 5.56 Å². The van der Waals surface area contributed by atoms with Gasteiger partial charge in [-0.2, -0.15) is 0 Å². The molecular formula is C22H36ClF2N4O10PS. The minimum Gasteiger partial charge on any atom is -0.462 e. The summed E-state index contributed by atoms with van der Waals surface area (Å²) in [6, 6.07) is -2.27. The third-order valence-corrected chi connectivity index (χ3v) is 8.40. The molecule has 19 heteroatoms. The number of ether oxygens (including phenoxy) is 2. The van der Waals surface area contributed by atoms with Crippen molar-refractivity contribution in [3.63, 3.8) is 0 Å². The van der Waals surface area contributed by atoms with Gasteiger partial charge in [-0.05, 0) is 53.3 Å². The van der Waals surface area contributed by atoms with E-state index in [1.807, 2.05) is 0 Å². The van der Waals surface area contributed by atoms with Crippen LogP contribution in [0.15, 0.2) is 15.8 Å². The minimum absolute atomic E-state index is 0.332. The van der Waals surface area contributed by atoms with E-state index in [9.17, 15) is 43.3 Å². The molecule has 0 amide bonds. The van der Waals surface area contributed by atoms with E-state index in [0.717, 1.165) is 0 Å². The Hall–Kier alpha value is -1.82. The molecule has 0 saturated carbocycles. The lowest BCUT2D eigenvalue weighted by molar-refractivity contribution is -0.149. The van der Waals surface area contributed by atoms with Crippen LogP contribution in [0.5, 0.6) is 0 Å². The highest BCUT2D eigenvalue weighted by Gasteiger charge is 2.40. The molecule has 0 radical (unpaired) electrons. The number of esters is 2. The molecule has 6 unspecified atom stereocenters. The number of carbonyl (C=O) groups excluding carboxylic acids is 2. The molecule has 0 fully saturated rings. The fourth-order valence-electron chi connectivity index (χ4n) is 3.16. The maximum atomic E-state index is 14.0. The van der Waals surface area contributed by atoms with Gasteiger partial charge >= 0.3 is 17.6 Å². The van der Waals surface area contributed by atoms with Crippen LogP contribution in [-0.4, -0.2) is 86.3 Å². The van der Waals surface area contributed by atoms with Crippen molar-refractivity contribution in [1.29, 1.82) is 0 Å². The summed E-state index contributed by atoms with van der Waals surface area (Å²) in [5.74, 6) is -3.73.